The van der Waals surface area contributed by atoms with Crippen molar-refractivity contribution in [1.29, 1.82) is 0 Å². The maximum absolute atomic E-state index is 12.9. The predicted octanol–water partition coefficient (Wildman–Crippen LogP) is 3.15. The molecule has 1 spiro atoms. The lowest BCUT2D eigenvalue weighted by atomic mass is 9.82. The van der Waals surface area contributed by atoms with Crippen molar-refractivity contribution in [2.45, 2.75) is 31.8 Å². The summed E-state index contributed by atoms with van der Waals surface area (Å²) in [4.78, 5) is 16.2. The van der Waals surface area contributed by atoms with Crippen LogP contribution in [-0.2, 0) is 23.8 Å². The summed E-state index contributed by atoms with van der Waals surface area (Å²) in [6.45, 7) is 4.03. The number of carbonyl (C=O) groups is 1. The number of hydrogen-bond donors (Lipinski definition) is 0. The van der Waals surface area contributed by atoms with Gasteiger partial charge in [0, 0.05) is 43.2 Å². The summed E-state index contributed by atoms with van der Waals surface area (Å²) in [6.07, 6.45) is 4.35. The van der Waals surface area contributed by atoms with Crippen LogP contribution in [0.25, 0.3) is 11.3 Å². The maximum Gasteiger partial charge on any atom is 0.276 e. The first-order valence-corrected chi connectivity index (χ1v) is 10.4. The third-order valence-corrected chi connectivity index (χ3v) is 7.01. The number of aryl methyl sites for hydroxylation is 1. The average molecular weight is 398 g/mol. The Labute approximate surface area is 166 Å². The topological polar surface area (TPSA) is 73.4 Å². The van der Waals surface area contributed by atoms with Gasteiger partial charge in [0.25, 0.3) is 5.91 Å². The highest BCUT2D eigenvalue weighted by molar-refractivity contribution is 7.10. The molecule has 0 aromatic carbocycles. The van der Waals surface area contributed by atoms with Crippen molar-refractivity contribution in [2.75, 3.05) is 19.7 Å². The summed E-state index contributed by atoms with van der Waals surface area (Å²) in [5.74, 6) is 0.480. The minimum absolute atomic E-state index is 0.0901. The molecule has 0 unspecified atom stereocenters. The Hall–Kier alpha value is -2.45. The highest BCUT2D eigenvalue weighted by atomic mass is 32.1. The SMILES string of the molecule is Cc1c(-c2cc(C(=O)N3CCC4(CC3)OCCc3sccc34)no2)cnn1C. The smallest absolute Gasteiger partial charge is 0.276 e. The van der Waals surface area contributed by atoms with Crippen LogP contribution >= 0.6 is 11.3 Å². The van der Waals surface area contributed by atoms with Crippen molar-refractivity contribution in [1.82, 2.24) is 19.8 Å². The molecule has 146 valence electrons. The van der Waals surface area contributed by atoms with Gasteiger partial charge in [-0.25, -0.2) is 0 Å². The Morgan fingerprint density at radius 3 is 2.89 bits per heavy atom. The van der Waals surface area contributed by atoms with E-state index in [9.17, 15) is 4.79 Å². The number of nitrogens with zero attached hydrogens (tertiary/aromatic N) is 4. The molecule has 0 saturated carbocycles. The number of thiophene rings is 1. The number of likely N-dealkylation sites (tertiary alicyclic amines) is 1. The molecule has 1 amide bonds. The predicted molar refractivity (Wildman–Crippen MR) is 104 cm³/mol. The van der Waals surface area contributed by atoms with Crippen LogP contribution in [0.4, 0.5) is 0 Å². The van der Waals surface area contributed by atoms with Gasteiger partial charge in [-0.3, -0.25) is 9.48 Å². The van der Waals surface area contributed by atoms with Crippen LogP contribution in [0.2, 0.25) is 0 Å². The van der Waals surface area contributed by atoms with Crippen molar-refractivity contribution in [3.8, 4) is 11.3 Å². The Morgan fingerprint density at radius 1 is 1.32 bits per heavy atom. The number of aromatic nitrogens is 3. The van der Waals surface area contributed by atoms with E-state index >= 15 is 0 Å². The Morgan fingerprint density at radius 2 is 2.14 bits per heavy atom. The summed E-state index contributed by atoms with van der Waals surface area (Å²) in [6, 6.07) is 3.90. The van der Waals surface area contributed by atoms with Gasteiger partial charge in [0.2, 0.25) is 0 Å². The minimum atomic E-state index is -0.230. The summed E-state index contributed by atoms with van der Waals surface area (Å²) >= 11 is 1.81. The molecule has 1 saturated heterocycles. The van der Waals surface area contributed by atoms with Crippen molar-refractivity contribution in [2.24, 2.45) is 7.05 Å². The fourth-order valence-electron chi connectivity index (χ4n) is 4.25. The lowest BCUT2D eigenvalue weighted by molar-refractivity contribution is -0.0927. The molecule has 0 bridgehead atoms. The molecule has 2 aliphatic rings. The Balaban J connectivity index is 1.32. The molecule has 3 aromatic rings. The third kappa shape index (κ3) is 2.70. The van der Waals surface area contributed by atoms with Crippen LogP contribution < -0.4 is 0 Å². The van der Waals surface area contributed by atoms with Gasteiger partial charge in [0.1, 0.15) is 0 Å². The van der Waals surface area contributed by atoms with Crippen LogP contribution in [0.5, 0.6) is 0 Å². The van der Waals surface area contributed by atoms with E-state index in [0.717, 1.165) is 37.1 Å². The van der Waals surface area contributed by atoms with E-state index in [-0.39, 0.29) is 11.5 Å². The van der Waals surface area contributed by atoms with Crippen LogP contribution in [0, 0.1) is 6.92 Å². The quantitative estimate of drug-likeness (QED) is 0.663. The number of carbonyl (C=O) groups excluding carboxylic acids is 1. The molecule has 0 radical (unpaired) electrons. The first kappa shape index (κ1) is 17.6. The van der Waals surface area contributed by atoms with Gasteiger partial charge in [0.05, 0.1) is 24.0 Å². The normalized spacial score (nSPS) is 18.4. The Kier molecular flexibility index (Phi) is 4.13. The fourth-order valence-corrected chi connectivity index (χ4v) is 5.20. The van der Waals surface area contributed by atoms with Crippen molar-refractivity contribution in [3.05, 3.63) is 45.5 Å². The largest absolute Gasteiger partial charge is 0.370 e. The molecular weight excluding hydrogens is 376 g/mol. The first-order chi connectivity index (χ1) is 13.6. The number of amides is 1. The van der Waals surface area contributed by atoms with E-state index in [1.165, 1.54) is 10.4 Å². The molecule has 0 N–H and O–H groups in total. The second-order valence-corrected chi connectivity index (χ2v) is 8.49. The van der Waals surface area contributed by atoms with E-state index in [1.807, 2.05) is 30.2 Å². The Bertz CT molecular complexity index is 1030. The molecule has 1 fully saturated rings. The zero-order valence-corrected chi connectivity index (χ0v) is 16.8. The van der Waals surface area contributed by atoms with Crippen LogP contribution in [0.3, 0.4) is 0 Å². The lowest BCUT2D eigenvalue weighted by Gasteiger charge is -2.43. The lowest BCUT2D eigenvalue weighted by Crippen LogP contribution is -2.48. The van der Waals surface area contributed by atoms with E-state index in [2.05, 4.69) is 21.7 Å². The van der Waals surface area contributed by atoms with Crippen molar-refractivity contribution in [3.63, 3.8) is 0 Å². The maximum atomic E-state index is 12.9. The first-order valence-electron chi connectivity index (χ1n) is 9.53. The highest BCUT2D eigenvalue weighted by Gasteiger charge is 2.42. The zero-order valence-electron chi connectivity index (χ0n) is 16.0. The highest BCUT2D eigenvalue weighted by Crippen LogP contribution is 2.43. The van der Waals surface area contributed by atoms with Gasteiger partial charge in [-0.2, -0.15) is 5.10 Å². The average Bonchev–Trinajstić information content (AvgIpc) is 3.44. The summed E-state index contributed by atoms with van der Waals surface area (Å²) in [7, 11) is 1.87. The van der Waals surface area contributed by atoms with Gasteiger partial charge in [0.15, 0.2) is 11.5 Å². The van der Waals surface area contributed by atoms with Gasteiger partial charge in [-0.05, 0) is 36.8 Å². The molecule has 0 aliphatic carbocycles. The monoisotopic (exact) mass is 398 g/mol. The molecule has 5 rings (SSSR count). The number of piperidine rings is 1. The molecule has 28 heavy (non-hydrogen) atoms. The third-order valence-electron chi connectivity index (χ3n) is 6.03. The molecule has 8 heteroatoms. The molecular formula is C20H22N4O3S. The van der Waals surface area contributed by atoms with Gasteiger partial charge >= 0.3 is 0 Å². The van der Waals surface area contributed by atoms with Gasteiger partial charge in [-0.1, -0.05) is 5.16 Å². The standard InChI is InChI=1S/C20H22N4O3S/c1-13-14(12-21-23(13)2)17-11-16(22-27-17)19(25)24-7-5-20(6-8-24)15-4-10-28-18(15)3-9-26-20/h4,10-12H,3,5-9H2,1-2H3. The van der Waals surface area contributed by atoms with E-state index in [0.29, 0.717) is 24.5 Å². The molecule has 2 aliphatic heterocycles. The minimum Gasteiger partial charge on any atom is -0.370 e. The second kappa shape index (κ2) is 6.56. The molecule has 7 nitrogen and oxygen atoms in total. The zero-order chi connectivity index (χ0) is 19.3. The number of ether oxygens (including phenoxy) is 1. The van der Waals surface area contributed by atoms with Gasteiger partial charge in [-0.15, -0.1) is 11.3 Å². The van der Waals surface area contributed by atoms with E-state index < -0.39 is 0 Å². The molecule has 5 heterocycles. The summed E-state index contributed by atoms with van der Waals surface area (Å²) in [5, 5.41) is 10.4. The van der Waals surface area contributed by atoms with Crippen LogP contribution in [-0.4, -0.2) is 45.4 Å². The second-order valence-electron chi connectivity index (χ2n) is 7.49. The van der Waals surface area contributed by atoms with E-state index in [1.54, 1.807) is 16.9 Å². The van der Waals surface area contributed by atoms with Crippen LogP contribution in [0.15, 0.2) is 28.2 Å². The fraction of sp³-hybridized carbons (Fsp3) is 0.450. The summed E-state index contributed by atoms with van der Waals surface area (Å²) < 4.78 is 13.4. The van der Waals surface area contributed by atoms with Crippen LogP contribution in [0.1, 0.15) is 39.5 Å². The number of rotatable bonds is 2. The van der Waals surface area contributed by atoms with Crippen molar-refractivity contribution < 1.29 is 14.1 Å². The molecule has 3 aromatic heterocycles. The van der Waals surface area contributed by atoms with Gasteiger partial charge < -0.3 is 14.2 Å². The van der Waals surface area contributed by atoms with E-state index in [4.69, 9.17) is 9.26 Å². The number of fused-ring (bicyclic) bond motifs is 2. The number of hydrogen-bond acceptors (Lipinski definition) is 6. The molecule has 0 atom stereocenters. The van der Waals surface area contributed by atoms with Crippen molar-refractivity contribution >= 4 is 17.2 Å². The summed E-state index contributed by atoms with van der Waals surface area (Å²) in [5.41, 5.74) is 3.26.